The van der Waals surface area contributed by atoms with E-state index in [0.29, 0.717) is 0 Å². The zero-order chi connectivity index (χ0) is 31.2. The van der Waals surface area contributed by atoms with Crippen LogP contribution in [0.3, 0.4) is 0 Å². The second-order valence-corrected chi connectivity index (χ2v) is 11.8. The van der Waals surface area contributed by atoms with Crippen LogP contribution in [0, 0.1) is 0 Å². The Bertz CT molecular complexity index is 2490. The molecule has 0 radical (unpaired) electrons. The highest BCUT2D eigenvalue weighted by Gasteiger charge is 2.18. The molecule has 0 unspecified atom stereocenters. The van der Waals surface area contributed by atoms with Crippen LogP contribution in [0.25, 0.3) is 89.0 Å². The molecule has 0 aliphatic carbocycles. The van der Waals surface area contributed by atoms with Crippen LogP contribution in [0.2, 0.25) is 0 Å². The smallest absolute Gasteiger partial charge is 0.113 e. The summed E-state index contributed by atoms with van der Waals surface area (Å²) in [5, 5.41) is 3.22. The molecule has 0 bridgehead atoms. The summed E-state index contributed by atoms with van der Waals surface area (Å²) in [7, 11) is 0. The summed E-state index contributed by atoms with van der Waals surface area (Å²) >= 11 is 1.24. The Morgan fingerprint density at radius 2 is 1.13 bits per heavy atom. The fraction of sp³-hybridized carbons (Fsp3) is 0. The van der Waals surface area contributed by atoms with Gasteiger partial charge in [-0.25, -0.2) is 9.97 Å². The molecule has 0 N–H and O–H groups in total. The molecule has 0 fully saturated rings. The summed E-state index contributed by atoms with van der Waals surface area (Å²) in [5.41, 5.74) is 12.2. The van der Waals surface area contributed by atoms with Crippen molar-refractivity contribution in [1.82, 2.24) is 28.7 Å². The summed E-state index contributed by atoms with van der Waals surface area (Å²) in [6.45, 7) is 0. The number of nitrogens with zero attached hydrogens (tertiary/aromatic N) is 6. The monoisotopic (exact) mass is 620 g/mol. The van der Waals surface area contributed by atoms with E-state index in [1.165, 1.54) is 11.7 Å². The van der Waals surface area contributed by atoms with Crippen LogP contribution in [0.4, 0.5) is 0 Å². The number of hydrogen-bond acceptors (Lipinski definition) is 7. The Kier molecular flexibility index (Phi) is 6.54. The van der Waals surface area contributed by atoms with Gasteiger partial charge in [0.15, 0.2) is 0 Å². The minimum atomic E-state index is 0.800. The summed E-state index contributed by atoms with van der Waals surface area (Å²) < 4.78 is 9.27. The molecular formula is C40H24N6S. The molecule has 6 nitrogen and oxygen atoms in total. The Hall–Kier alpha value is -6.18. The van der Waals surface area contributed by atoms with E-state index in [1.54, 1.807) is 12.4 Å². The fourth-order valence-electron chi connectivity index (χ4n) is 6.24. The Balaban J connectivity index is 1.21. The number of fused-ring (bicyclic) bond motifs is 5. The first-order valence-electron chi connectivity index (χ1n) is 15.3. The zero-order valence-corrected chi connectivity index (χ0v) is 25.8. The van der Waals surface area contributed by atoms with Gasteiger partial charge >= 0.3 is 0 Å². The third-order valence-electron chi connectivity index (χ3n) is 8.47. The van der Waals surface area contributed by atoms with Crippen molar-refractivity contribution in [2.75, 3.05) is 0 Å². The van der Waals surface area contributed by atoms with Gasteiger partial charge in [0.2, 0.25) is 0 Å². The lowest BCUT2D eigenvalue weighted by molar-refractivity contribution is 1.22. The lowest BCUT2D eigenvalue weighted by Crippen LogP contribution is -1.94. The number of rotatable bonds is 5. The maximum absolute atomic E-state index is 5.35. The van der Waals surface area contributed by atoms with Crippen LogP contribution in [0.1, 0.15) is 0 Å². The quantitative estimate of drug-likeness (QED) is 0.178. The van der Waals surface area contributed by atoms with E-state index in [4.69, 9.17) is 14.3 Å². The molecule has 5 heterocycles. The fourth-order valence-corrected chi connectivity index (χ4v) is 6.78. The van der Waals surface area contributed by atoms with Gasteiger partial charge < -0.3 is 0 Å². The van der Waals surface area contributed by atoms with E-state index < -0.39 is 0 Å². The van der Waals surface area contributed by atoms with Crippen molar-refractivity contribution in [3.8, 4) is 56.3 Å². The Morgan fingerprint density at radius 3 is 1.83 bits per heavy atom. The number of pyridine rings is 4. The molecule has 9 aromatic rings. The first kappa shape index (κ1) is 27.2. The highest BCUT2D eigenvalue weighted by molar-refractivity contribution is 7.00. The van der Waals surface area contributed by atoms with Gasteiger partial charge in [0.1, 0.15) is 11.0 Å². The SMILES string of the molecule is c1ccc(-c2nc3c(-c4ccc(-c5cc(-c6ccccn6)nc(-c6ccccn6)c5)cc4)cccc3c3c2ccc2nsnc23)cc1. The summed E-state index contributed by atoms with van der Waals surface area (Å²) in [5.74, 6) is 0. The Morgan fingerprint density at radius 1 is 0.426 bits per heavy atom. The minimum absolute atomic E-state index is 0.800. The molecule has 5 aromatic heterocycles. The molecule has 0 saturated heterocycles. The highest BCUT2D eigenvalue weighted by atomic mass is 32.1. The summed E-state index contributed by atoms with van der Waals surface area (Å²) in [6, 6.07) is 45.5. The molecular weight excluding hydrogens is 597 g/mol. The van der Waals surface area contributed by atoms with Gasteiger partial charge in [-0.15, -0.1) is 0 Å². The molecule has 220 valence electrons. The predicted octanol–water partition coefficient (Wildman–Crippen LogP) is 9.91. The van der Waals surface area contributed by atoms with Crippen LogP contribution < -0.4 is 0 Å². The molecule has 0 spiro atoms. The van der Waals surface area contributed by atoms with E-state index in [-0.39, 0.29) is 0 Å². The largest absolute Gasteiger partial charge is 0.255 e. The molecule has 0 aliphatic rings. The van der Waals surface area contributed by atoms with Crippen molar-refractivity contribution in [2.45, 2.75) is 0 Å². The van der Waals surface area contributed by atoms with Crippen molar-refractivity contribution in [2.24, 2.45) is 0 Å². The molecule has 0 amide bonds. The number of para-hydroxylation sites is 1. The predicted molar refractivity (Wildman–Crippen MR) is 191 cm³/mol. The summed E-state index contributed by atoms with van der Waals surface area (Å²) in [4.78, 5) is 19.4. The number of aromatic nitrogens is 6. The average molecular weight is 621 g/mol. The van der Waals surface area contributed by atoms with Crippen LogP contribution in [0.15, 0.2) is 146 Å². The zero-order valence-electron chi connectivity index (χ0n) is 24.9. The minimum Gasteiger partial charge on any atom is -0.255 e. The van der Waals surface area contributed by atoms with Crippen molar-refractivity contribution in [1.29, 1.82) is 0 Å². The highest BCUT2D eigenvalue weighted by Crippen LogP contribution is 2.40. The number of hydrogen-bond donors (Lipinski definition) is 0. The lowest BCUT2D eigenvalue weighted by Gasteiger charge is -2.14. The third-order valence-corrected chi connectivity index (χ3v) is 9.01. The van der Waals surface area contributed by atoms with Crippen LogP contribution in [0.5, 0.6) is 0 Å². The van der Waals surface area contributed by atoms with Gasteiger partial charge in [0.05, 0.1) is 45.7 Å². The van der Waals surface area contributed by atoms with Gasteiger partial charge in [-0.05, 0) is 65.2 Å². The maximum Gasteiger partial charge on any atom is 0.113 e. The van der Waals surface area contributed by atoms with Gasteiger partial charge in [-0.3, -0.25) is 9.97 Å². The van der Waals surface area contributed by atoms with Gasteiger partial charge in [0, 0.05) is 39.7 Å². The van der Waals surface area contributed by atoms with E-state index in [9.17, 15) is 0 Å². The topological polar surface area (TPSA) is 77.3 Å². The molecule has 7 heteroatoms. The van der Waals surface area contributed by atoms with Gasteiger partial charge in [0.25, 0.3) is 0 Å². The van der Waals surface area contributed by atoms with Crippen molar-refractivity contribution in [3.63, 3.8) is 0 Å². The molecule has 4 aromatic carbocycles. The molecule has 9 rings (SSSR count). The first-order valence-corrected chi connectivity index (χ1v) is 16.0. The lowest BCUT2D eigenvalue weighted by atomic mass is 9.94. The van der Waals surface area contributed by atoms with Crippen molar-refractivity contribution >= 4 is 44.4 Å². The van der Waals surface area contributed by atoms with E-state index in [0.717, 1.165) is 89.0 Å². The molecule has 0 atom stereocenters. The average Bonchev–Trinajstić information content (AvgIpc) is 3.65. The maximum atomic E-state index is 5.35. The van der Waals surface area contributed by atoms with E-state index in [2.05, 4.69) is 99.3 Å². The van der Waals surface area contributed by atoms with Crippen LogP contribution in [-0.4, -0.2) is 28.7 Å². The van der Waals surface area contributed by atoms with Crippen LogP contribution >= 0.6 is 11.7 Å². The second-order valence-electron chi connectivity index (χ2n) is 11.3. The van der Waals surface area contributed by atoms with Crippen LogP contribution in [-0.2, 0) is 0 Å². The standard InChI is InChI=1S/C40H24N6S/c1-2-9-27(10-3-1)38-31-19-20-34-40(46-47-45-34)37(31)30-12-8-11-29(39(30)44-38)26-17-15-25(16-18-26)28-23-35(32-13-4-6-21-41-32)43-36(24-28)33-14-5-7-22-42-33/h1-24H. The van der Waals surface area contributed by atoms with E-state index in [1.807, 2.05) is 48.5 Å². The van der Waals surface area contributed by atoms with Crippen molar-refractivity contribution in [3.05, 3.63) is 146 Å². The normalized spacial score (nSPS) is 11.4. The van der Waals surface area contributed by atoms with Gasteiger partial charge in [-0.1, -0.05) is 84.9 Å². The van der Waals surface area contributed by atoms with Gasteiger partial charge in [-0.2, -0.15) is 8.75 Å². The van der Waals surface area contributed by atoms with E-state index >= 15 is 0 Å². The number of benzene rings is 4. The molecule has 0 aliphatic heterocycles. The molecule has 47 heavy (non-hydrogen) atoms. The third kappa shape index (κ3) is 4.81. The Labute approximate surface area is 274 Å². The first-order chi connectivity index (χ1) is 23.3. The molecule has 0 saturated carbocycles. The van der Waals surface area contributed by atoms with Crippen molar-refractivity contribution < 1.29 is 0 Å². The second kappa shape index (κ2) is 11.3. The summed E-state index contributed by atoms with van der Waals surface area (Å²) in [6.07, 6.45) is 3.58.